The molecule has 24 heavy (non-hydrogen) atoms. The molecule has 0 saturated carbocycles. The molecule has 0 bridgehead atoms. The standard InChI is InChI=1S/C19H25NO4/c1-19(2,3)24-18(22)20-9-6-13(7-10-20)17(21)15-4-5-16-14(12-15)8-11-23-16/h4-5,12-13H,6-11H2,1-3H3. The zero-order chi connectivity index (χ0) is 17.3. The van der Waals surface area contributed by atoms with Crippen molar-refractivity contribution in [1.29, 1.82) is 0 Å². The van der Waals surface area contributed by atoms with Crippen molar-refractivity contribution in [3.05, 3.63) is 29.3 Å². The number of likely N-dealkylation sites (tertiary alicyclic amines) is 1. The van der Waals surface area contributed by atoms with Crippen LogP contribution in [-0.2, 0) is 11.2 Å². The molecule has 0 unspecified atom stereocenters. The van der Waals surface area contributed by atoms with E-state index in [4.69, 9.17) is 9.47 Å². The fourth-order valence-corrected chi connectivity index (χ4v) is 3.23. The van der Waals surface area contributed by atoms with Crippen molar-refractivity contribution in [2.45, 2.75) is 45.6 Å². The lowest BCUT2D eigenvalue weighted by molar-refractivity contribution is 0.0182. The molecule has 0 N–H and O–H groups in total. The number of rotatable bonds is 2. The summed E-state index contributed by atoms with van der Waals surface area (Å²) in [5, 5.41) is 0. The zero-order valence-corrected chi connectivity index (χ0v) is 14.6. The van der Waals surface area contributed by atoms with Crippen LogP contribution in [0.25, 0.3) is 0 Å². The summed E-state index contributed by atoms with van der Waals surface area (Å²) in [4.78, 5) is 26.5. The van der Waals surface area contributed by atoms with Crippen molar-refractivity contribution in [3.63, 3.8) is 0 Å². The summed E-state index contributed by atoms with van der Waals surface area (Å²) >= 11 is 0. The maximum atomic E-state index is 12.7. The van der Waals surface area contributed by atoms with Crippen LogP contribution in [0, 0.1) is 5.92 Å². The van der Waals surface area contributed by atoms with E-state index in [1.54, 1.807) is 4.90 Å². The molecule has 130 valence electrons. The first-order valence-corrected chi connectivity index (χ1v) is 8.61. The second-order valence-corrected chi connectivity index (χ2v) is 7.53. The minimum absolute atomic E-state index is 0.0240. The van der Waals surface area contributed by atoms with Crippen molar-refractivity contribution in [2.75, 3.05) is 19.7 Å². The van der Waals surface area contributed by atoms with Crippen molar-refractivity contribution in [3.8, 4) is 5.75 Å². The van der Waals surface area contributed by atoms with Gasteiger partial charge in [-0.2, -0.15) is 0 Å². The van der Waals surface area contributed by atoms with Gasteiger partial charge in [-0.05, 0) is 57.4 Å². The summed E-state index contributed by atoms with van der Waals surface area (Å²) in [7, 11) is 0. The second kappa shape index (κ2) is 6.46. The van der Waals surface area contributed by atoms with Crippen LogP contribution in [0.3, 0.4) is 0 Å². The molecule has 1 amide bonds. The second-order valence-electron chi connectivity index (χ2n) is 7.53. The average molecular weight is 331 g/mol. The number of nitrogens with zero attached hydrogens (tertiary/aromatic N) is 1. The number of ether oxygens (including phenoxy) is 2. The molecule has 3 rings (SSSR count). The van der Waals surface area contributed by atoms with Gasteiger partial charge in [0.15, 0.2) is 5.78 Å². The molecule has 1 fully saturated rings. The van der Waals surface area contributed by atoms with Gasteiger partial charge in [0.2, 0.25) is 0 Å². The van der Waals surface area contributed by atoms with Crippen LogP contribution in [0.5, 0.6) is 5.75 Å². The Morgan fingerprint density at radius 3 is 2.58 bits per heavy atom. The summed E-state index contributed by atoms with van der Waals surface area (Å²) in [5.74, 6) is 1.05. The van der Waals surface area contributed by atoms with E-state index in [0.717, 1.165) is 23.3 Å². The maximum absolute atomic E-state index is 12.7. The van der Waals surface area contributed by atoms with Crippen LogP contribution < -0.4 is 4.74 Å². The van der Waals surface area contributed by atoms with Gasteiger partial charge >= 0.3 is 6.09 Å². The molecule has 5 heteroatoms. The number of fused-ring (bicyclic) bond motifs is 1. The number of carbonyl (C=O) groups excluding carboxylic acids is 2. The Kier molecular flexibility index (Phi) is 4.52. The first-order valence-electron chi connectivity index (χ1n) is 8.61. The molecule has 1 aromatic rings. The molecule has 0 radical (unpaired) electrons. The molecule has 2 aliphatic heterocycles. The Hall–Kier alpha value is -2.04. The van der Waals surface area contributed by atoms with Gasteiger partial charge < -0.3 is 14.4 Å². The fraction of sp³-hybridized carbons (Fsp3) is 0.579. The summed E-state index contributed by atoms with van der Waals surface area (Å²) < 4.78 is 10.9. The lowest BCUT2D eigenvalue weighted by Crippen LogP contribution is -2.43. The quantitative estimate of drug-likeness (QED) is 0.779. The average Bonchev–Trinajstić information content (AvgIpc) is 3.00. The highest BCUT2D eigenvalue weighted by atomic mass is 16.6. The smallest absolute Gasteiger partial charge is 0.410 e. The molecular formula is C19H25NO4. The minimum atomic E-state index is -0.490. The van der Waals surface area contributed by atoms with Crippen LogP contribution in [0.15, 0.2) is 18.2 Å². The molecule has 0 aromatic heterocycles. The first kappa shape index (κ1) is 16.8. The van der Waals surface area contributed by atoms with Gasteiger partial charge in [0.05, 0.1) is 6.61 Å². The Labute approximate surface area is 142 Å². The summed E-state index contributed by atoms with van der Waals surface area (Å²) in [6.07, 6.45) is 1.95. The zero-order valence-electron chi connectivity index (χ0n) is 14.6. The van der Waals surface area contributed by atoms with Crippen LogP contribution in [0.4, 0.5) is 4.79 Å². The highest BCUT2D eigenvalue weighted by Crippen LogP contribution is 2.29. The van der Waals surface area contributed by atoms with Crippen LogP contribution in [0.1, 0.15) is 49.5 Å². The lowest BCUT2D eigenvalue weighted by Gasteiger charge is -2.33. The predicted molar refractivity (Wildman–Crippen MR) is 90.5 cm³/mol. The molecule has 1 saturated heterocycles. The highest BCUT2D eigenvalue weighted by Gasteiger charge is 2.30. The van der Waals surface area contributed by atoms with Gasteiger partial charge in [0.25, 0.3) is 0 Å². The lowest BCUT2D eigenvalue weighted by atomic mass is 9.88. The van der Waals surface area contributed by atoms with E-state index in [0.29, 0.717) is 32.5 Å². The topological polar surface area (TPSA) is 55.8 Å². The molecular weight excluding hydrogens is 306 g/mol. The van der Waals surface area contributed by atoms with Gasteiger partial charge in [0, 0.05) is 31.0 Å². The number of ketones is 1. The summed E-state index contributed by atoms with van der Waals surface area (Å²) in [6.45, 7) is 7.41. The van der Waals surface area contributed by atoms with Crippen molar-refractivity contribution >= 4 is 11.9 Å². The molecule has 2 aliphatic rings. The normalized spacial score (nSPS) is 18.0. The van der Waals surface area contributed by atoms with Gasteiger partial charge in [0.1, 0.15) is 11.4 Å². The number of hydrogen-bond acceptors (Lipinski definition) is 4. The van der Waals surface area contributed by atoms with E-state index >= 15 is 0 Å². The van der Waals surface area contributed by atoms with Gasteiger partial charge in [-0.15, -0.1) is 0 Å². The van der Waals surface area contributed by atoms with Crippen molar-refractivity contribution < 1.29 is 19.1 Å². The largest absolute Gasteiger partial charge is 0.493 e. The Morgan fingerprint density at radius 1 is 1.21 bits per heavy atom. The van der Waals surface area contributed by atoms with Crippen molar-refractivity contribution in [2.24, 2.45) is 5.92 Å². The van der Waals surface area contributed by atoms with E-state index in [-0.39, 0.29) is 17.8 Å². The highest BCUT2D eigenvalue weighted by molar-refractivity contribution is 5.98. The molecule has 2 heterocycles. The maximum Gasteiger partial charge on any atom is 0.410 e. The monoisotopic (exact) mass is 331 g/mol. The number of piperidine rings is 1. The Balaban J connectivity index is 1.58. The van der Waals surface area contributed by atoms with Gasteiger partial charge in [-0.25, -0.2) is 4.79 Å². The van der Waals surface area contributed by atoms with Crippen LogP contribution in [0.2, 0.25) is 0 Å². The molecule has 0 atom stereocenters. The van der Waals surface area contributed by atoms with Crippen LogP contribution in [-0.4, -0.2) is 42.1 Å². The first-order chi connectivity index (χ1) is 11.3. The Morgan fingerprint density at radius 2 is 1.92 bits per heavy atom. The molecule has 5 nitrogen and oxygen atoms in total. The van der Waals surface area contributed by atoms with E-state index in [1.807, 2.05) is 39.0 Å². The van der Waals surface area contributed by atoms with E-state index < -0.39 is 5.60 Å². The summed E-state index contributed by atoms with van der Waals surface area (Å²) in [6, 6.07) is 5.71. The number of hydrogen-bond donors (Lipinski definition) is 0. The number of amides is 1. The SMILES string of the molecule is CC(C)(C)OC(=O)N1CCC(C(=O)c2ccc3c(c2)CCO3)CC1. The third-order valence-corrected chi connectivity index (χ3v) is 4.49. The van der Waals surface area contributed by atoms with E-state index in [9.17, 15) is 9.59 Å². The van der Waals surface area contributed by atoms with Crippen molar-refractivity contribution in [1.82, 2.24) is 4.90 Å². The predicted octanol–water partition coefficient (Wildman–Crippen LogP) is 3.45. The van der Waals surface area contributed by atoms with E-state index in [2.05, 4.69) is 0 Å². The van der Waals surface area contributed by atoms with Crippen LogP contribution >= 0.6 is 0 Å². The third kappa shape index (κ3) is 3.71. The van der Waals surface area contributed by atoms with E-state index in [1.165, 1.54) is 0 Å². The van der Waals surface area contributed by atoms with Gasteiger partial charge in [-0.3, -0.25) is 4.79 Å². The number of benzene rings is 1. The fourth-order valence-electron chi connectivity index (χ4n) is 3.23. The van der Waals surface area contributed by atoms with Gasteiger partial charge in [-0.1, -0.05) is 0 Å². The Bertz CT molecular complexity index is 639. The minimum Gasteiger partial charge on any atom is -0.493 e. The number of carbonyl (C=O) groups is 2. The number of Topliss-reactive ketones (excluding diaryl/α,β-unsaturated/α-hetero) is 1. The molecule has 0 aliphatic carbocycles. The molecule has 1 aromatic carbocycles. The third-order valence-electron chi connectivity index (χ3n) is 4.49. The molecule has 0 spiro atoms. The summed E-state index contributed by atoms with van der Waals surface area (Å²) in [5.41, 5.74) is 1.39.